The van der Waals surface area contributed by atoms with Crippen LogP contribution in [0.5, 0.6) is 5.88 Å². The Kier molecular flexibility index (Phi) is 8.01. The first-order valence-corrected chi connectivity index (χ1v) is 11.5. The number of nitrogens with one attached hydrogen (secondary N) is 1. The number of ether oxygens (including phenoxy) is 1. The minimum Gasteiger partial charge on any atom is -0.471 e. The van der Waals surface area contributed by atoms with Gasteiger partial charge in [-0.2, -0.15) is 0 Å². The normalized spacial score (nSPS) is 23.2. The number of alkyl halides is 2. The topological polar surface area (TPSA) is 110 Å². The van der Waals surface area contributed by atoms with Crippen molar-refractivity contribution >= 4 is 18.0 Å². The Hall–Kier alpha value is -2.88. The number of pyridine rings is 1. The number of aryl methyl sites for hydroxylation is 1. The highest BCUT2D eigenvalue weighted by Crippen LogP contribution is 2.41. The molecule has 4 atom stereocenters. The number of nitrogens with zero attached hydrogens (tertiary/aromatic N) is 3. The number of fused-ring (bicyclic) bond motifs is 1. The van der Waals surface area contributed by atoms with Crippen molar-refractivity contribution in [3.8, 4) is 5.88 Å². The van der Waals surface area contributed by atoms with E-state index in [0.717, 1.165) is 30.9 Å². The molecule has 1 aromatic rings. The quantitative estimate of drug-likeness (QED) is 0.504. The van der Waals surface area contributed by atoms with E-state index in [2.05, 4.69) is 27.1 Å². The Morgan fingerprint density at radius 2 is 2.15 bits per heavy atom. The average Bonchev–Trinajstić information content (AvgIpc) is 3.13. The monoisotopic (exact) mass is 477 g/mol. The maximum absolute atomic E-state index is 13.2. The summed E-state index contributed by atoms with van der Waals surface area (Å²) in [4.78, 5) is 34.2. The molecule has 186 valence electrons. The van der Waals surface area contributed by atoms with Gasteiger partial charge < -0.3 is 15.8 Å². The lowest BCUT2D eigenvalue weighted by molar-refractivity contribution is -0.120. The van der Waals surface area contributed by atoms with E-state index in [9.17, 15) is 18.4 Å². The first-order valence-electron chi connectivity index (χ1n) is 11.5. The van der Waals surface area contributed by atoms with Crippen LogP contribution in [0, 0.1) is 12.8 Å². The molecule has 3 rings (SSSR count). The number of dihydropyridines is 1. The van der Waals surface area contributed by atoms with Crippen LogP contribution in [0.25, 0.3) is 0 Å². The van der Waals surface area contributed by atoms with Gasteiger partial charge in [-0.25, -0.2) is 13.8 Å². The van der Waals surface area contributed by atoms with E-state index in [1.807, 2.05) is 12.1 Å². The van der Waals surface area contributed by atoms with Gasteiger partial charge in [-0.3, -0.25) is 19.5 Å². The molecule has 2 aliphatic rings. The second-order valence-electron chi connectivity index (χ2n) is 9.18. The number of aromatic nitrogens is 1. The molecule has 1 aromatic heterocycles. The van der Waals surface area contributed by atoms with Crippen molar-refractivity contribution in [2.75, 3.05) is 19.7 Å². The number of halogens is 2. The molecule has 2 amide bonds. The molecule has 34 heavy (non-hydrogen) atoms. The van der Waals surface area contributed by atoms with E-state index in [-0.39, 0.29) is 29.8 Å². The van der Waals surface area contributed by atoms with Crippen molar-refractivity contribution in [2.45, 2.75) is 64.6 Å². The first kappa shape index (κ1) is 25.7. The molecule has 8 nitrogen and oxygen atoms in total. The minimum atomic E-state index is -2.94. The Labute approximate surface area is 198 Å². The van der Waals surface area contributed by atoms with Crippen LogP contribution in [0.3, 0.4) is 0 Å². The molecule has 3 N–H and O–H groups in total. The predicted molar refractivity (Wildman–Crippen MR) is 125 cm³/mol. The molecule has 1 saturated heterocycles. The summed E-state index contributed by atoms with van der Waals surface area (Å²) in [7, 11) is 0. The summed E-state index contributed by atoms with van der Waals surface area (Å²) in [6.07, 6.45) is 6.81. The largest absolute Gasteiger partial charge is 0.471 e. The number of hydrogen-bond donors (Lipinski definition) is 2. The highest BCUT2D eigenvalue weighted by atomic mass is 19.3. The fourth-order valence-corrected chi connectivity index (χ4v) is 4.68. The SMILES string of the molecule is CC(=O)NCCCC1C2=CC=NC(C(N)=O)C2CN1C(C)c1cnc(OCC(C)(F)F)c(C)c1. The third kappa shape index (κ3) is 6.16. The Balaban J connectivity index is 1.81. The highest BCUT2D eigenvalue weighted by molar-refractivity contribution is 5.86. The zero-order chi connectivity index (χ0) is 25.0. The third-order valence-electron chi connectivity index (χ3n) is 6.33. The summed E-state index contributed by atoms with van der Waals surface area (Å²) in [5.41, 5.74) is 8.33. The molecule has 1 fully saturated rings. The summed E-state index contributed by atoms with van der Waals surface area (Å²) in [6, 6.07) is 1.26. The van der Waals surface area contributed by atoms with Gasteiger partial charge in [-0.15, -0.1) is 0 Å². The third-order valence-corrected chi connectivity index (χ3v) is 6.33. The van der Waals surface area contributed by atoms with Gasteiger partial charge in [0.2, 0.25) is 17.7 Å². The number of carbonyl (C=O) groups is 2. The molecular weight excluding hydrogens is 444 g/mol. The van der Waals surface area contributed by atoms with Crippen molar-refractivity contribution in [1.29, 1.82) is 0 Å². The van der Waals surface area contributed by atoms with E-state index >= 15 is 0 Å². The lowest BCUT2D eigenvalue weighted by atomic mass is 9.87. The molecule has 0 aromatic carbocycles. The molecule has 0 saturated carbocycles. The molecule has 0 aliphatic carbocycles. The Bertz CT molecular complexity index is 976. The Morgan fingerprint density at radius 1 is 1.41 bits per heavy atom. The van der Waals surface area contributed by atoms with Gasteiger partial charge in [-0.05, 0) is 50.0 Å². The van der Waals surface area contributed by atoms with Crippen molar-refractivity contribution in [1.82, 2.24) is 15.2 Å². The maximum Gasteiger partial charge on any atom is 0.278 e. The number of aliphatic imine (C=N–C) groups is 1. The van der Waals surface area contributed by atoms with Crippen LogP contribution in [0.1, 0.15) is 50.8 Å². The number of primary amides is 1. The number of nitrogens with two attached hydrogens (primary N) is 1. The maximum atomic E-state index is 13.2. The van der Waals surface area contributed by atoms with Crippen molar-refractivity contribution < 1.29 is 23.1 Å². The molecule has 2 aliphatic heterocycles. The van der Waals surface area contributed by atoms with E-state index < -0.39 is 24.5 Å². The molecule has 0 bridgehead atoms. The second kappa shape index (κ2) is 10.6. The zero-order valence-corrected chi connectivity index (χ0v) is 20.1. The van der Waals surface area contributed by atoms with Crippen LogP contribution >= 0.6 is 0 Å². The lowest BCUT2D eigenvalue weighted by Gasteiger charge is -2.31. The molecular formula is C24H33F2N5O3. The fourth-order valence-electron chi connectivity index (χ4n) is 4.68. The summed E-state index contributed by atoms with van der Waals surface area (Å²) in [5, 5.41) is 2.83. The lowest BCUT2D eigenvalue weighted by Crippen LogP contribution is -2.37. The molecule has 4 unspecified atom stereocenters. The molecule has 0 radical (unpaired) electrons. The van der Waals surface area contributed by atoms with E-state index in [4.69, 9.17) is 10.5 Å². The molecule has 0 spiro atoms. The van der Waals surface area contributed by atoms with E-state index in [0.29, 0.717) is 18.7 Å². The predicted octanol–water partition coefficient (Wildman–Crippen LogP) is 2.57. The number of likely N-dealkylation sites (tertiary alicyclic amines) is 1. The van der Waals surface area contributed by atoms with E-state index in [1.54, 1.807) is 19.3 Å². The number of allylic oxidation sites excluding steroid dienone is 1. The van der Waals surface area contributed by atoms with Crippen molar-refractivity contribution in [3.63, 3.8) is 0 Å². The minimum absolute atomic E-state index is 0.0392. The van der Waals surface area contributed by atoms with Crippen LogP contribution in [0.15, 0.2) is 28.9 Å². The Morgan fingerprint density at radius 3 is 2.76 bits per heavy atom. The van der Waals surface area contributed by atoms with Gasteiger partial charge in [0, 0.05) is 62.9 Å². The van der Waals surface area contributed by atoms with Gasteiger partial charge in [0.25, 0.3) is 5.92 Å². The fraction of sp³-hybridized carbons (Fsp3) is 0.583. The van der Waals surface area contributed by atoms with Crippen molar-refractivity contribution in [3.05, 3.63) is 35.0 Å². The zero-order valence-electron chi connectivity index (χ0n) is 20.1. The summed E-state index contributed by atoms with van der Waals surface area (Å²) in [6.45, 7) is 6.55. The summed E-state index contributed by atoms with van der Waals surface area (Å²) >= 11 is 0. The van der Waals surface area contributed by atoms with Crippen LogP contribution in [-0.4, -0.2) is 65.6 Å². The smallest absolute Gasteiger partial charge is 0.278 e. The van der Waals surface area contributed by atoms with E-state index in [1.165, 1.54) is 6.92 Å². The van der Waals surface area contributed by atoms with Crippen LogP contribution < -0.4 is 15.8 Å². The van der Waals surface area contributed by atoms with Crippen LogP contribution in [0.4, 0.5) is 8.78 Å². The van der Waals surface area contributed by atoms with Gasteiger partial charge in [0.15, 0.2) is 6.61 Å². The standard InChI is InChI=1S/C24H33F2N5O3/c1-14-10-17(11-30-23(14)34-13-24(4,25)26)15(2)31-12-19-18(7-9-29-21(19)22(27)33)20(31)6-5-8-28-16(3)32/h7,9-11,15,19-21H,5-6,8,12-13H2,1-4H3,(H2,27,33)(H,28,32). The number of hydrogen-bond acceptors (Lipinski definition) is 6. The number of amides is 2. The second-order valence-corrected chi connectivity index (χ2v) is 9.18. The summed E-state index contributed by atoms with van der Waals surface area (Å²) < 4.78 is 31.5. The highest BCUT2D eigenvalue weighted by Gasteiger charge is 2.45. The van der Waals surface area contributed by atoms with Crippen molar-refractivity contribution in [2.24, 2.45) is 16.6 Å². The number of carbonyl (C=O) groups excluding carboxylic acids is 2. The van der Waals surface area contributed by atoms with Crippen LogP contribution in [0.2, 0.25) is 0 Å². The molecule has 3 heterocycles. The van der Waals surface area contributed by atoms with Crippen LogP contribution in [-0.2, 0) is 9.59 Å². The average molecular weight is 478 g/mol. The van der Waals surface area contributed by atoms with Gasteiger partial charge in [0.1, 0.15) is 6.04 Å². The molecule has 10 heteroatoms. The summed E-state index contributed by atoms with van der Waals surface area (Å²) in [5.74, 6) is -3.39. The van der Waals surface area contributed by atoms with Gasteiger partial charge >= 0.3 is 0 Å². The van der Waals surface area contributed by atoms with Gasteiger partial charge in [0.05, 0.1) is 0 Å². The van der Waals surface area contributed by atoms with Gasteiger partial charge in [-0.1, -0.05) is 0 Å². The first-order chi connectivity index (χ1) is 16.0. The number of rotatable bonds is 10.